The van der Waals surface area contributed by atoms with Crippen molar-refractivity contribution in [1.29, 1.82) is 0 Å². The molecular weight excluding hydrogens is 320 g/mol. The summed E-state index contributed by atoms with van der Waals surface area (Å²) >= 11 is 0. The molecule has 0 spiro atoms. The second-order valence-corrected chi connectivity index (χ2v) is 5.46. The fourth-order valence-corrected chi connectivity index (χ4v) is 2.57. The van der Waals surface area contributed by atoms with Crippen LogP contribution < -0.4 is 5.73 Å². The van der Waals surface area contributed by atoms with Gasteiger partial charge in [-0.3, -0.25) is 4.79 Å². The van der Waals surface area contributed by atoms with Crippen molar-refractivity contribution in [2.45, 2.75) is 51.9 Å². The Morgan fingerprint density at radius 1 is 1.22 bits per heavy atom. The van der Waals surface area contributed by atoms with Crippen LogP contribution in [0.25, 0.3) is 0 Å². The van der Waals surface area contributed by atoms with Gasteiger partial charge in [-0.1, -0.05) is 0 Å². The maximum Gasteiger partial charge on any atom is 0.356 e. The van der Waals surface area contributed by atoms with E-state index in [0.717, 1.165) is 24.1 Å². The Morgan fingerprint density at radius 2 is 1.87 bits per heavy atom. The first-order chi connectivity index (χ1) is 10.6. The van der Waals surface area contributed by atoms with Crippen LogP contribution in [0.4, 0.5) is 5.69 Å². The first-order valence-electron chi connectivity index (χ1n) is 7.91. The Kier molecular flexibility index (Phi) is 7.42. The van der Waals surface area contributed by atoms with E-state index in [-0.39, 0.29) is 18.4 Å². The first-order valence-corrected chi connectivity index (χ1v) is 7.91. The van der Waals surface area contributed by atoms with E-state index in [1.54, 1.807) is 13.8 Å². The normalized spacial score (nSPS) is 13.3. The van der Waals surface area contributed by atoms with Gasteiger partial charge in [-0.15, -0.1) is 12.4 Å². The minimum Gasteiger partial charge on any atom is -0.466 e. The SMILES string of the molecule is CCOC(=O)CCCc1c(C2CC2)[nH]c(C(=O)OCC)c1N.Cl. The number of aromatic nitrogens is 1. The molecule has 3 N–H and O–H groups in total. The number of hydrogen-bond acceptors (Lipinski definition) is 5. The number of ether oxygens (including phenoxy) is 2. The fourth-order valence-electron chi connectivity index (χ4n) is 2.57. The molecule has 0 aliphatic heterocycles. The number of nitrogens with two attached hydrogens (primary N) is 1. The predicted octanol–water partition coefficient (Wildman–Crippen LogP) is 2.96. The van der Waals surface area contributed by atoms with Crippen LogP contribution in [0.3, 0.4) is 0 Å². The zero-order chi connectivity index (χ0) is 16.1. The average molecular weight is 345 g/mol. The van der Waals surface area contributed by atoms with Gasteiger partial charge in [0.2, 0.25) is 0 Å². The predicted molar refractivity (Wildman–Crippen MR) is 90.0 cm³/mol. The number of H-pyrrole nitrogens is 1. The molecule has 1 aromatic heterocycles. The summed E-state index contributed by atoms with van der Waals surface area (Å²) < 4.78 is 9.95. The van der Waals surface area contributed by atoms with Gasteiger partial charge in [0.1, 0.15) is 5.69 Å². The summed E-state index contributed by atoms with van der Waals surface area (Å²) in [5.74, 6) is -0.170. The smallest absolute Gasteiger partial charge is 0.356 e. The van der Waals surface area contributed by atoms with Gasteiger partial charge in [0.05, 0.1) is 18.9 Å². The maximum absolute atomic E-state index is 11.9. The Bertz CT molecular complexity index is 553. The molecule has 1 heterocycles. The van der Waals surface area contributed by atoms with Crippen LogP contribution in [0.5, 0.6) is 0 Å². The van der Waals surface area contributed by atoms with E-state index in [0.29, 0.717) is 49.8 Å². The van der Waals surface area contributed by atoms with Crippen LogP contribution in [0, 0.1) is 0 Å². The summed E-state index contributed by atoms with van der Waals surface area (Å²) in [5, 5.41) is 0. The monoisotopic (exact) mass is 344 g/mol. The molecule has 0 saturated heterocycles. The van der Waals surface area contributed by atoms with Crippen molar-refractivity contribution in [2.75, 3.05) is 18.9 Å². The lowest BCUT2D eigenvalue weighted by atomic mass is 10.0. The number of carbonyl (C=O) groups is 2. The van der Waals surface area contributed by atoms with Gasteiger partial charge in [0.15, 0.2) is 0 Å². The summed E-state index contributed by atoms with van der Waals surface area (Å²) in [6.45, 7) is 4.26. The molecule has 1 aliphatic rings. The van der Waals surface area contributed by atoms with Crippen LogP contribution in [-0.2, 0) is 20.7 Å². The van der Waals surface area contributed by atoms with E-state index in [4.69, 9.17) is 15.2 Å². The van der Waals surface area contributed by atoms with Crippen LogP contribution in [0.1, 0.15) is 67.2 Å². The number of halogens is 1. The highest BCUT2D eigenvalue weighted by atomic mass is 35.5. The van der Waals surface area contributed by atoms with E-state index >= 15 is 0 Å². The highest BCUT2D eigenvalue weighted by Crippen LogP contribution is 2.43. The second-order valence-electron chi connectivity index (χ2n) is 5.46. The molecular formula is C16H25ClN2O4. The molecule has 1 fully saturated rings. The molecule has 0 aromatic carbocycles. The number of esters is 2. The molecule has 0 unspecified atom stereocenters. The molecule has 0 amide bonds. The summed E-state index contributed by atoms with van der Waals surface area (Å²) in [6.07, 6.45) is 3.88. The average Bonchev–Trinajstić information content (AvgIpc) is 3.26. The number of nitrogens with one attached hydrogen (secondary N) is 1. The lowest BCUT2D eigenvalue weighted by Gasteiger charge is -2.05. The molecule has 6 nitrogen and oxygen atoms in total. The van der Waals surface area contributed by atoms with Crippen LogP contribution in [0.15, 0.2) is 0 Å². The summed E-state index contributed by atoms with van der Waals surface area (Å²) in [6, 6.07) is 0. The van der Waals surface area contributed by atoms with E-state index in [1.807, 2.05) is 0 Å². The number of hydrogen-bond donors (Lipinski definition) is 2. The molecule has 0 radical (unpaired) electrons. The van der Waals surface area contributed by atoms with Crippen molar-refractivity contribution in [1.82, 2.24) is 4.98 Å². The zero-order valence-corrected chi connectivity index (χ0v) is 14.5. The Morgan fingerprint density at radius 3 is 2.43 bits per heavy atom. The minimum absolute atomic E-state index is 0. The van der Waals surface area contributed by atoms with E-state index in [1.165, 1.54) is 0 Å². The molecule has 1 aromatic rings. The number of carbonyl (C=O) groups excluding carboxylic acids is 2. The largest absolute Gasteiger partial charge is 0.466 e. The quantitative estimate of drug-likeness (QED) is 0.707. The highest BCUT2D eigenvalue weighted by Gasteiger charge is 2.31. The molecule has 2 rings (SSSR count). The fraction of sp³-hybridized carbons (Fsp3) is 0.625. The zero-order valence-electron chi connectivity index (χ0n) is 13.6. The van der Waals surface area contributed by atoms with Crippen molar-refractivity contribution in [3.63, 3.8) is 0 Å². The summed E-state index contributed by atoms with van der Waals surface area (Å²) in [4.78, 5) is 26.5. The van der Waals surface area contributed by atoms with Gasteiger partial charge in [-0.25, -0.2) is 4.79 Å². The van der Waals surface area contributed by atoms with Crippen LogP contribution in [-0.4, -0.2) is 30.1 Å². The van der Waals surface area contributed by atoms with Gasteiger partial charge in [0.25, 0.3) is 0 Å². The Labute approximate surface area is 142 Å². The van der Waals surface area contributed by atoms with Crippen molar-refractivity contribution >= 4 is 30.0 Å². The number of anilines is 1. The topological polar surface area (TPSA) is 94.4 Å². The summed E-state index contributed by atoms with van der Waals surface area (Å²) in [7, 11) is 0. The van der Waals surface area contributed by atoms with Crippen molar-refractivity contribution in [3.8, 4) is 0 Å². The van der Waals surface area contributed by atoms with E-state index in [9.17, 15) is 9.59 Å². The Balaban J connectivity index is 0.00000264. The standard InChI is InChI=1S/C16H24N2O4.ClH/c1-3-21-12(19)7-5-6-11-13(17)15(16(20)22-4-2)18-14(11)10-8-9-10;/h10,18H,3-9,17H2,1-2H3;1H. The summed E-state index contributed by atoms with van der Waals surface area (Å²) in [5.41, 5.74) is 8.92. The molecule has 0 atom stereocenters. The lowest BCUT2D eigenvalue weighted by Crippen LogP contribution is -2.08. The van der Waals surface area contributed by atoms with Gasteiger partial charge in [-0.2, -0.15) is 0 Å². The third kappa shape index (κ3) is 4.89. The van der Waals surface area contributed by atoms with Gasteiger partial charge >= 0.3 is 11.9 Å². The lowest BCUT2D eigenvalue weighted by molar-refractivity contribution is -0.143. The van der Waals surface area contributed by atoms with Crippen molar-refractivity contribution < 1.29 is 19.1 Å². The second kappa shape index (κ2) is 8.82. The molecule has 1 aliphatic carbocycles. The molecule has 23 heavy (non-hydrogen) atoms. The number of rotatable bonds is 8. The third-order valence-corrected chi connectivity index (χ3v) is 3.76. The van der Waals surface area contributed by atoms with Crippen molar-refractivity contribution in [2.24, 2.45) is 0 Å². The molecule has 1 saturated carbocycles. The van der Waals surface area contributed by atoms with Crippen LogP contribution in [0.2, 0.25) is 0 Å². The number of nitrogen functional groups attached to an aromatic ring is 1. The molecule has 7 heteroatoms. The molecule has 130 valence electrons. The van der Waals surface area contributed by atoms with Gasteiger partial charge in [-0.05, 0) is 51.0 Å². The highest BCUT2D eigenvalue weighted by molar-refractivity contribution is 5.94. The van der Waals surface area contributed by atoms with Gasteiger partial charge < -0.3 is 20.2 Å². The van der Waals surface area contributed by atoms with E-state index in [2.05, 4.69) is 4.98 Å². The van der Waals surface area contributed by atoms with Crippen molar-refractivity contribution in [3.05, 3.63) is 17.0 Å². The van der Waals surface area contributed by atoms with Crippen LogP contribution >= 0.6 is 12.4 Å². The number of aromatic amines is 1. The first kappa shape index (κ1) is 19.4. The van der Waals surface area contributed by atoms with Gasteiger partial charge in [0, 0.05) is 12.1 Å². The minimum atomic E-state index is -0.418. The van der Waals surface area contributed by atoms with E-state index < -0.39 is 5.97 Å². The maximum atomic E-state index is 11.9. The Hall–Kier alpha value is -1.69. The third-order valence-electron chi connectivity index (χ3n) is 3.76. The molecule has 0 bridgehead atoms.